The summed E-state index contributed by atoms with van der Waals surface area (Å²) >= 11 is 6.24. The fourth-order valence-electron chi connectivity index (χ4n) is 3.10. The third-order valence-corrected chi connectivity index (χ3v) is 4.85. The highest BCUT2D eigenvalue weighted by atomic mass is 35.5. The standard InChI is InChI=1S/C20H21ClF2N4O2/c1-3-27-19(15(21)10-25-27)14-8-18(29-11(14)2)20(28)26-13(9-24)6-12-4-5-16(22)17(23)7-12/h4-5,7-8,10,13H,3,6,9,24H2,1-2H3,(H,26,28)/t13-/m0/s1. The number of furan rings is 1. The zero-order valence-electron chi connectivity index (χ0n) is 16.0. The van der Waals surface area contributed by atoms with Crippen LogP contribution in [0.5, 0.6) is 0 Å². The number of aryl methyl sites for hydroxylation is 2. The molecule has 0 radical (unpaired) electrons. The van der Waals surface area contributed by atoms with Crippen LogP contribution in [0, 0.1) is 18.6 Å². The fourth-order valence-corrected chi connectivity index (χ4v) is 3.34. The molecule has 0 aliphatic carbocycles. The number of hydrogen-bond donors (Lipinski definition) is 2. The van der Waals surface area contributed by atoms with Crippen LogP contribution in [-0.4, -0.2) is 28.3 Å². The molecule has 0 saturated heterocycles. The first-order valence-electron chi connectivity index (χ1n) is 9.11. The number of halogens is 3. The van der Waals surface area contributed by atoms with E-state index in [0.29, 0.717) is 34.1 Å². The molecular weight excluding hydrogens is 402 g/mol. The summed E-state index contributed by atoms with van der Waals surface area (Å²) in [5.74, 6) is -1.71. The average Bonchev–Trinajstić information content (AvgIpc) is 3.25. The number of benzene rings is 1. The van der Waals surface area contributed by atoms with Crippen molar-refractivity contribution < 1.29 is 18.0 Å². The number of hydrogen-bond acceptors (Lipinski definition) is 4. The minimum absolute atomic E-state index is 0.0983. The van der Waals surface area contributed by atoms with Gasteiger partial charge in [0.25, 0.3) is 5.91 Å². The number of rotatable bonds is 7. The summed E-state index contributed by atoms with van der Waals surface area (Å²) in [6, 6.07) is 4.71. The molecular formula is C20H21ClF2N4O2. The number of carbonyl (C=O) groups excluding carboxylic acids is 1. The van der Waals surface area contributed by atoms with Gasteiger partial charge in [-0.2, -0.15) is 5.10 Å². The molecule has 29 heavy (non-hydrogen) atoms. The Morgan fingerprint density at radius 1 is 1.34 bits per heavy atom. The van der Waals surface area contributed by atoms with Crippen LogP contribution in [0.4, 0.5) is 8.78 Å². The summed E-state index contributed by atoms with van der Waals surface area (Å²) < 4.78 is 33.8. The predicted octanol–water partition coefficient (Wildman–Crippen LogP) is 3.70. The largest absolute Gasteiger partial charge is 0.455 e. The number of amides is 1. The first-order valence-corrected chi connectivity index (χ1v) is 9.48. The van der Waals surface area contributed by atoms with Gasteiger partial charge in [-0.25, -0.2) is 8.78 Å². The minimum atomic E-state index is -0.944. The van der Waals surface area contributed by atoms with Gasteiger partial charge in [0.15, 0.2) is 17.4 Å². The molecule has 3 N–H and O–H groups in total. The van der Waals surface area contributed by atoms with Crippen molar-refractivity contribution >= 4 is 17.5 Å². The van der Waals surface area contributed by atoms with E-state index in [0.717, 1.165) is 12.1 Å². The smallest absolute Gasteiger partial charge is 0.287 e. The minimum Gasteiger partial charge on any atom is -0.455 e. The van der Waals surface area contributed by atoms with Crippen LogP contribution in [0.3, 0.4) is 0 Å². The van der Waals surface area contributed by atoms with Gasteiger partial charge in [-0.15, -0.1) is 0 Å². The summed E-state index contributed by atoms with van der Waals surface area (Å²) in [5.41, 5.74) is 7.61. The molecule has 1 aromatic carbocycles. The zero-order chi connectivity index (χ0) is 21.1. The third-order valence-electron chi connectivity index (χ3n) is 4.58. The van der Waals surface area contributed by atoms with Crippen molar-refractivity contribution in [3.63, 3.8) is 0 Å². The summed E-state index contributed by atoms with van der Waals surface area (Å²) in [5, 5.41) is 7.42. The molecule has 0 saturated carbocycles. The van der Waals surface area contributed by atoms with Crippen molar-refractivity contribution in [3.05, 3.63) is 64.2 Å². The Balaban J connectivity index is 1.77. The van der Waals surface area contributed by atoms with Crippen LogP contribution < -0.4 is 11.1 Å². The lowest BCUT2D eigenvalue weighted by molar-refractivity contribution is 0.0908. The topological polar surface area (TPSA) is 86.1 Å². The van der Waals surface area contributed by atoms with Gasteiger partial charge >= 0.3 is 0 Å². The van der Waals surface area contributed by atoms with Crippen LogP contribution in [0.15, 0.2) is 34.9 Å². The molecule has 0 fully saturated rings. The van der Waals surface area contributed by atoms with E-state index in [1.54, 1.807) is 23.9 Å². The lowest BCUT2D eigenvalue weighted by atomic mass is 10.1. The highest BCUT2D eigenvalue weighted by Crippen LogP contribution is 2.32. The number of nitrogens with two attached hydrogens (primary N) is 1. The maximum atomic E-state index is 13.4. The van der Waals surface area contributed by atoms with Gasteiger partial charge in [0.2, 0.25) is 0 Å². The quantitative estimate of drug-likeness (QED) is 0.607. The second-order valence-corrected chi connectivity index (χ2v) is 7.00. The van der Waals surface area contributed by atoms with Crippen molar-refractivity contribution in [2.45, 2.75) is 32.9 Å². The van der Waals surface area contributed by atoms with Crippen molar-refractivity contribution in [3.8, 4) is 11.3 Å². The highest BCUT2D eigenvalue weighted by Gasteiger charge is 2.22. The lowest BCUT2D eigenvalue weighted by Crippen LogP contribution is -2.41. The second-order valence-electron chi connectivity index (χ2n) is 6.60. The molecule has 3 aromatic rings. The van der Waals surface area contributed by atoms with E-state index in [-0.39, 0.29) is 18.7 Å². The van der Waals surface area contributed by atoms with Gasteiger partial charge in [-0.3, -0.25) is 9.48 Å². The maximum absolute atomic E-state index is 13.4. The van der Waals surface area contributed by atoms with Crippen molar-refractivity contribution in [2.24, 2.45) is 5.73 Å². The zero-order valence-corrected chi connectivity index (χ0v) is 16.8. The number of aromatic nitrogens is 2. The van der Waals surface area contributed by atoms with E-state index >= 15 is 0 Å². The molecule has 0 aliphatic rings. The first-order chi connectivity index (χ1) is 13.8. The summed E-state index contributed by atoms with van der Waals surface area (Å²) in [6.45, 7) is 4.39. The molecule has 1 atom stereocenters. The van der Waals surface area contributed by atoms with Gasteiger partial charge < -0.3 is 15.5 Å². The molecule has 2 heterocycles. The van der Waals surface area contributed by atoms with E-state index in [9.17, 15) is 13.6 Å². The molecule has 0 aliphatic heterocycles. The van der Waals surface area contributed by atoms with Crippen LogP contribution in [-0.2, 0) is 13.0 Å². The van der Waals surface area contributed by atoms with Crippen LogP contribution in [0.1, 0.15) is 28.8 Å². The normalized spacial score (nSPS) is 12.2. The van der Waals surface area contributed by atoms with Gasteiger partial charge in [-0.05, 0) is 44.0 Å². The Morgan fingerprint density at radius 3 is 2.76 bits per heavy atom. The Morgan fingerprint density at radius 2 is 2.10 bits per heavy atom. The van der Waals surface area contributed by atoms with Gasteiger partial charge in [-0.1, -0.05) is 17.7 Å². The Kier molecular flexibility index (Phi) is 6.34. The summed E-state index contributed by atoms with van der Waals surface area (Å²) in [7, 11) is 0. The van der Waals surface area contributed by atoms with Crippen LogP contribution in [0.2, 0.25) is 5.02 Å². The number of nitrogens with zero attached hydrogens (tertiary/aromatic N) is 2. The fraction of sp³-hybridized carbons (Fsp3) is 0.300. The van der Waals surface area contributed by atoms with Crippen molar-refractivity contribution in [2.75, 3.05) is 6.54 Å². The Bertz CT molecular complexity index is 1030. The van der Waals surface area contributed by atoms with E-state index < -0.39 is 23.6 Å². The monoisotopic (exact) mass is 422 g/mol. The summed E-state index contributed by atoms with van der Waals surface area (Å²) in [4.78, 5) is 12.6. The van der Waals surface area contributed by atoms with Gasteiger partial charge in [0, 0.05) is 24.7 Å². The Labute approximate surface area is 171 Å². The highest BCUT2D eigenvalue weighted by molar-refractivity contribution is 6.33. The molecule has 0 bridgehead atoms. The van der Waals surface area contributed by atoms with Crippen molar-refractivity contribution in [1.29, 1.82) is 0 Å². The molecule has 6 nitrogen and oxygen atoms in total. The maximum Gasteiger partial charge on any atom is 0.287 e. The lowest BCUT2D eigenvalue weighted by Gasteiger charge is -2.16. The van der Waals surface area contributed by atoms with Gasteiger partial charge in [0.05, 0.1) is 16.9 Å². The molecule has 9 heteroatoms. The van der Waals surface area contributed by atoms with Crippen LogP contribution in [0.25, 0.3) is 11.3 Å². The molecule has 2 aromatic heterocycles. The molecule has 154 valence electrons. The molecule has 0 spiro atoms. The molecule has 0 unspecified atom stereocenters. The number of carbonyl (C=O) groups is 1. The molecule has 3 rings (SSSR count). The van der Waals surface area contributed by atoms with E-state index in [1.807, 2.05) is 6.92 Å². The van der Waals surface area contributed by atoms with Gasteiger partial charge in [0.1, 0.15) is 5.76 Å². The van der Waals surface area contributed by atoms with Crippen molar-refractivity contribution in [1.82, 2.24) is 15.1 Å². The molecule has 1 amide bonds. The van der Waals surface area contributed by atoms with E-state index in [1.165, 1.54) is 6.07 Å². The van der Waals surface area contributed by atoms with E-state index in [2.05, 4.69) is 10.4 Å². The Hall–Kier alpha value is -2.71. The summed E-state index contributed by atoms with van der Waals surface area (Å²) in [6.07, 6.45) is 1.79. The van der Waals surface area contributed by atoms with E-state index in [4.69, 9.17) is 21.8 Å². The first kappa shape index (κ1) is 21.0. The predicted molar refractivity (Wildman–Crippen MR) is 106 cm³/mol. The second kappa shape index (κ2) is 8.75. The third kappa shape index (κ3) is 4.49. The van der Waals surface area contributed by atoms with Crippen LogP contribution >= 0.6 is 11.6 Å². The average molecular weight is 423 g/mol. The number of nitrogens with one attached hydrogen (secondary N) is 1. The SMILES string of the molecule is CCn1ncc(Cl)c1-c1cc(C(=O)N[C@H](CN)Cc2ccc(F)c(F)c2)oc1C.